The predicted molar refractivity (Wildman–Crippen MR) is 93.4 cm³/mol. The van der Waals surface area contributed by atoms with Gasteiger partial charge in [0, 0.05) is 22.9 Å². The third-order valence-corrected chi connectivity index (χ3v) is 4.40. The quantitative estimate of drug-likeness (QED) is 0.769. The van der Waals surface area contributed by atoms with Gasteiger partial charge in [0.15, 0.2) is 5.13 Å². The largest absolute Gasteiger partial charge is 0.421 e. The molecule has 0 aliphatic carbocycles. The maximum atomic E-state index is 12.5. The van der Waals surface area contributed by atoms with Crippen LogP contribution in [0.4, 0.5) is 5.13 Å². The molecule has 0 bridgehead atoms. The zero-order chi connectivity index (χ0) is 17.3. The summed E-state index contributed by atoms with van der Waals surface area (Å²) in [4.78, 5) is 18.1. The molecule has 0 aliphatic heterocycles. The van der Waals surface area contributed by atoms with E-state index in [4.69, 9.17) is 4.42 Å². The van der Waals surface area contributed by atoms with Crippen LogP contribution in [0.3, 0.4) is 0 Å². The lowest BCUT2D eigenvalue weighted by molar-refractivity contribution is 0.102. The van der Waals surface area contributed by atoms with Crippen LogP contribution in [0, 0.1) is 13.8 Å². The van der Waals surface area contributed by atoms with Crippen molar-refractivity contribution in [3.8, 4) is 11.5 Å². The molecule has 1 N–H and O–H groups in total. The Kier molecular flexibility index (Phi) is 4.44. The monoisotopic (exact) mass is 342 g/mol. The first-order valence-corrected chi connectivity index (χ1v) is 8.45. The van der Waals surface area contributed by atoms with E-state index in [1.807, 2.05) is 13.0 Å². The number of benzene rings is 1. The standard InChI is InChI=1S/C17H18N4O2S/c1-9(2)14-10(3)24-17(18-14)19-15(22)12-6-5-7-13(8-12)16-21-20-11(4)23-16/h5-9H,1-4H3,(H,18,19,22). The van der Waals surface area contributed by atoms with Crippen LogP contribution in [0.1, 0.15) is 46.6 Å². The number of aryl methyl sites for hydroxylation is 2. The first kappa shape index (κ1) is 16.3. The molecule has 24 heavy (non-hydrogen) atoms. The number of nitrogens with zero attached hydrogens (tertiary/aromatic N) is 3. The molecule has 7 heteroatoms. The minimum Gasteiger partial charge on any atom is -0.421 e. The molecule has 0 fully saturated rings. The number of hydrogen-bond acceptors (Lipinski definition) is 6. The van der Waals surface area contributed by atoms with Crippen molar-refractivity contribution in [3.05, 3.63) is 46.3 Å². The van der Waals surface area contributed by atoms with Gasteiger partial charge in [0.1, 0.15) is 0 Å². The summed E-state index contributed by atoms with van der Waals surface area (Å²) in [6.45, 7) is 7.92. The first-order chi connectivity index (χ1) is 11.4. The number of hydrogen-bond donors (Lipinski definition) is 1. The van der Waals surface area contributed by atoms with Gasteiger partial charge in [-0.25, -0.2) is 4.98 Å². The minimum absolute atomic E-state index is 0.211. The zero-order valence-corrected chi connectivity index (χ0v) is 14.8. The van der Waals surface area contributed by atoms with Crippen LogP contribution in [0.5, 0.6) is 0 Å². The van der Waals surface area contributed by atoms with E-state index in [0.717, 1.165) is 10.6 Å². The summed E-state index contributed by atoms with van der Waals surface area (Å²) in [5.74, 6) is 1.00. The highest BCUT2D eigenvalue weighted by atomic mass is 32.1. The molecule has 1 amide bonds. The summed E-state index contributed by atoms with van der Waals surface area (Å²) in [7, 11) is 0. The second-order valence-electron chi connectivity index (χ2n) is 5.78. The third-order valence-electron chi connectivity index (χ3n) is 3.50. The van der Waals surface area contributed by atoms with Crippen LogP contribution in [-0.4, -0.2) is 21.1 Å². The fraction of sp³-hybridized carbons (Fsp3) is 0.294. The fourth-order valence-electron chi connectivity index (χ4n) is 2.37. The van der Waals surface area contributed by atoms with Gasteiger partial charge in [-0.05, 0) is 31.0 Å². The lowest BCUT2D eigenvalue weighted by Crippen LogP contribution is -2.11. The first-order valence-electron chi connectivity index (χ1n) is 7.63. The summed E-state index contributed by atoms with van der Waals surface area (Å²) in [5, 5.41) is 11.3. The van der Waals surface area contributed by atoms with E-state index >= 15 is 0 Å². The number of carbonyl (C=O) groups excluding carboxylic acids is 1. The highest BCUT2D eigenvalue weighted by Gasteiger charge is 2.15. The molecule has 124 valence electrons. The Balaban J connectivity index is 1.81. The van der Waals surface area contributed by atoms with Crippen molar-refractivity contribution >= 4 is 22.4 Å². The maximum absolute atomic E-state index is 12.5. The summed E-state index contributed by atoms with van der Waals surface area (Å²) in [6.07, 6.45) is 0. The van der Waals surface area contributed by atoms with Crippen molar-refractivity contribution in [1.29, 1.82) is 0 Å². The van der Waals surface area contributed by atoms with Crippen molar-refractivity contribution in [1.82, 2.24) is 15.2 Å². The average Bonchev–Trinajstić information content (AvgIpc) is 3.13. The van der Waals surface area contributed by atoms with Gasteiger partial charge in [0.05, 0.1) is 5.69 Å². The molecule has 0 unspecified atom stereocenters. The Morgan fingerprint density at radius 2 is 2.04 bits per heavy atom. The molecule has 0 saturated carbocycles. The second kappa shape index (κ2) is 6.52. The Morgan fingerprint density at radius 1 is 1.25 bits per heavy atom. The predicted octanol–water partition coefficient (Wildman–Crippen LogP) is 4.19. The number of thiazole rings is 1. The number of rotatable bonds is 4. The van der Waals surface area contributed by atoms with Crippen LogP contribution in [0.2, 0.25) is 0 Å². The van der Waals surface area contributed by atoms with Gasteiger partial charge in [0.25, 0.3) is 5.91 Å². The number of amides is 1. The van der Waals surface area contributed by atoms with Gasteiger partial charge in [-0.2, -0.15) is 0 Å². The molecule has 3 aromatic rings. The van der Waals surface area contributed by atoms with E-state index in [1.165, 1.54) is 11.3 Å². The molecule has 0 radical (unpaired) electrons. The third kappa shape index (κ3) is 3.35. The van der Waals surface area contributed by atoms with Crippen molar-refractivity contribution in [2.45, 2.75) is 33.6 Å². The molecule has 0 aliphatic rings. The number of nitrogens with one attached hydrogen (secondary N) is 1. The van der Waals surface area contributed by atoms with E-state index in [-0.39, 0.29) is 5.91 Å². The molecule has 6 nitrogen and oxygen atoms in total. The van der Waals surface area contributed by atoms with Crippen LogP contribution < -0.4 is 5.32 Å². The molecular formula is C17H18N4O2S. The Bertz CT molecular complexity index is 882. The molecule has 2 aromatic heterocycles. The van der Waals surface area contributed by atoms with Crippen molar-refractivity contribution < 1.29 is 9.21 Å². The van der Waals surface area contributed by atoms with Gasteiger partial charge in [0.2, 0.25) is 11.8 Å². The van der Waals surface area contributed by atoms with E-state index in [9.17, 15) is 4.79 Å². The highest BCUT2D eigenvalue weighted by molar-refractivity contribution is 7.15. The average molecular weight is 342 g/mol. The van der Waals surface area contributed by atoms with E-state index < -0.39 is 0 Å². The summed E-state index contributed by atoms with van der Waals surface area (Å²) in [5.41, 5.74) is 2.24. The Morgan fingerprint density at radius 3 is 2.67 bits per heavy atom. The van der Waals surface area contributed by atoms with Crippen LogP contribution in [0.15, 0.2) is 28.7 Å². The Hall–Kier alpha value is -2.54. The van der Waals surface area contributed by atoms with Crippen molar-refractivity contribution in [3.63, 3.8) is 0 Å². The lowest BCUT2D eigenvalue weighted by atomic mass is 10.1. The van der Waals surface area contributed by atoms with Gasteiger partial charge >= 0.3 is 0 Å². The SMILES string of the molecule is Cc1nnc(-c2cccc(C(=O)Nc3nc(C(C)C)c(C)s3)c2)o1. The molecule has 0 atom stereocenters. The molecule has 1 aromatic carbocycles. The van der Waals surface area contributed by atoms with Crippen molar-refractivity contribution in [2.24, 2.45) is 0 Å². The van der Waals surface area contributed by atoms with Crippen LogP contribution in [0.25, 0.3) is 11.5 Å². The Labute approximate surface area is 144 Å². The molecule has 3 rings (SSSR count). The van der Waals surface area contributed by atoms with Crippen LogP contribution >= 0.6 is 11.3 Å². The number of anilines is 1. The summed E-state index contributed by atoms with van der Waals surface area (Å²) in [6, 6.07) is 7.09. The topological polar surface area (TPSA) is 80.9 Å². The van der Waals surface area contributed by atoms with Crippen LogP contribution in [-0.2, 0) is 0 Å². The summed E-state index contributed by atoms with van der Waals surface area (Å²) >= 11 is 1.49. The minimum atomic E-state index is -0.211. The number of carbonyl (C=O) groups is 1. The molecule has 2 heterocycles. The van der Waals surface area contributed by atoms with Gasteiger partial charge < -0.3 is 4.42 Å². The van der Waals surface area contributed by atoms with E-state index in [1.54, 1.807) is 25.1 Å². The van der Waals surface area contributed by atoms with Gasteiger partial charge in [-0.1, -0.05) is 19.9 Å². The summed E-state index contributed by atoms with van der Waals surface area (Å²) < 4.78 is 5.40. The normalized spacial score (nSPS) is 11.0. The molecule has 0 spiro atoms. The zero-order valence-electron chi connectivity index (χ0n) is 14.0. The molecular weight excluding hydrogens is 324 g/mol. The smallest absolute Gasteiger partial charge is 0.257 e. The maximum Gasteiger partial charge on any atom is 0.257 e. The highest BCUT2D eigenvalue weighted by Crippen LogP contribution is 2.28. The second-order valence-corrected chi connectivity index (χ2v) is 6.98. The van der Waals surface area contributed by atoms with Gasteiger partial charge in [-0.3, -0.25) is 10.1 Å². The van der Waals surface area contributed by atoms with Crippen molar-refractivity contribution in [2.75, 3.05) is 5.32 Å². The van der Waals surface area contributed by atoms with Gasteiger partial charge in [-0.15, -0.1) is 21.5 Å². The molecule has 0 saturated heterocycles. The van der Waals surface area contributed by atoms with E-state index in [0.29, 0.717) is 34.0 Å². The fourth-order valence-corrected chi connectivity index (χ4v) is 3.34. The number of aromatic nitrogens is 3. The van der Waals surface area contributed by atoms with E-state index in [2.05, 4.69) is 34.3 Å². The lowest BCUT2D eigenvalue weighted by Gasteiger charge is -2.03.